The fourth-order valence-corrected chi connectivity index (χ4v) is 7.74. The number of ether oxygens (including phenoxy) is 2. The van der Waals surface area contributed by atoms with E-state index >= 15 is 0 Å². The predicted molar refractivity (Wildman–Crippen MR) is 161 cm³/mol. The number of nitrogens with zero attached hydrogens (tertiary/aromatic N) is 1. The number of anilines is 1. The van der Waals surface area contributed by atoms with Crippen molar-refractivity contribution in [3.8, 4) is 0 Å². The molecule has 8 nitrogen and oxygen atoms in total. The third-order valence-electron chi connectivity index (χ3n) is 9.30. The normalized spacial score (nSPS) is 30.6. The summed E-state index contributed by atoms with van der Waals surface area (Å²) in [6, 6.07) is 16.0. The van der Waals surface area contributed by atoms with Gasteiger partial charge in [-0.1, -0.05) is 64.1 Å². The quantitative estimate of drug-likeness (QED) is 0.314. The van der Waals surface area contributed by atoms with E-state index < -0.39 is 12.3 Å². The van der Waals surface area contributed by atoms with Crippen molar-refractivity contribution in [2.75, 3.05) is 18.4 Å². The van der Waals surface area contributed by atoms with Gasteiger partial charge in [-0.2, -0.15) is 0 Å². The minimum atomic E-state index is -0.907. The average Bonchev–Trinajstić information content (AvgIpc) is 3.17. The lowest BCUT2D eigenvalue weighted by Gasteiger charge is -2.43. The second-order valence-corrected chi connectivity index (χ2v) is 13.9. The molecule has 2 saturated heterocycles. The van der Waals surface area contributed by atoms with E-state index in [0.29, 0.717) is 29.0 Å². The van der Waals surface area contributed by atoms with Crippen molar-refractivity contribution in [1.29, 1.82) is 0 Å². The molecule has 0 aromatic heterocycles. The smallest absolute Gasteiger partial charge is 0.303 e. The summed E-state index contributed by atoms with van der Waals surface area (Å²) in [6.07, 6.45) is 3.19. The first kappa shape index (κ1) is 30.7. The number of nitrogens with one attached hydrogen (secondary N) is 1. The first-order valence-electron chi connectivity index (χ1n) is 15.3. The predicted octanol–water partition coefficient (Wildman–Crippen LogP) is 6.06. The van der Waals surface area contributed by atoms with Crippen LogP contribution in [0.1, 0.15) is 95.3 Å². The first-order chi connectivity index (χ1) is 19.9. The standard InChI is InChI=1S/C34H46N2O6/c1-22-28(18-36-21-34(4)17-27(36)16-33(2,3)20-34)41-32(42-31(22)24-13-11-23(19-37)12-14-24)25-7-5-8-26(15-25)35-29(38)9-6-10-30(39)40/h5,7-8,11-15,22,27-28,31-32,37H,6,9-10,16-21H2,1-4H3,(H,35,38)(H,39,40)/t22-,27?,28+,31+,32+,34?/m1/s1. The van der Waals surface area contributed by atoms with Crippen molar-refractivity contribution < 1.29 is 29.3 Å². The maximum atomic E-state index is 12.4. The molecule has 1 saturated carbocycles. The van der Waals surface area contributed by atoms with E-state index in [0.717, 1.165) is 29.8 Å². The molecular formula is C34H46N2O6. The van der Waals surface area contributed by atoms with Crippen LogP contribution in [0.25, 0.3) is 0 Å². The molecule has 42 heavy (non-hydrogen) atoms. The SMILES string of the molecule is C[C@@H]1[C@H](CN2CC3(C)CC2CC(C)(C)C3)O[C@H](c2cccc(NC(=O)CCCC(=O)O)c2)O[C@@H]1c1ccc(CO)cc1. The Morgan fingerprint density at radius 2 is 1.79 bits per heavy atom. The molecule has 5 rings (SSSR count). The lowest BCUT2D eigenvalue weighted by Crippen LogP contribution is -2.46. The van der Waals surface area contributed by atoms with Crippen molar-refractivity contribution in [3.63, 3.8) is 0 Å². The number of carboxylic acids is 1. The van der Waals surface area contributed by atoms with E-state index in [2.05, 4.69) is 37.9 Å². The molecule has 2 aromatic rings. The van der Waals surface area contributed by atoms with E-state index in [4.69, 9.17) is 14.6 Å². The molecule has 2 heterocycles. The Labute approximate surface area is 249 Å². The van der Waals surface area contributed by atoms with Crippen molar-refractivity contribution in [2.45, 2.75) is 97.4 Å². The highest BCUT2D eigenvalue weighted by Crippen LogP contribution is 2.53. The Morgan fingerprint density at radius 3 is 2.50 bits per heavy atom. The second-order valence-electron chi connectivity index (χ2n) is 13.9. The molecule has 2 aliphatic heterocycles. The Bertz CT molecular complexity index is 1260. The number of carbonyl (C=O) groups is 2. The van der Waals surface area contributed by atoms with E-state index in [1.807, 2.05) is 48.5 Å². The number of likely N-dealkylation sites (tertiary alicyclic amines) is 1. The molecule has 0 spiro atoms. The molecule has 1 aliphatic carbocycles. The van der Waals surface area contributed by atoms with E-state index in [9.17, 15) is 14.7 Å². The third kappa shape index (κ3) is 7.22. The maximum Gasteiger partial charge on any atom is 0.303 e. The minimum Gasteiger partial charge on any atom is -0.481 e. The minimum absolute atomic E-state index is 0.00397. The number of rotatable bonds is 10. The van der Waals surface area contributed by atoms with Crippen LogP contribution in [0.5, 0.6) is 0 Å². The molecule has 0 radical (unpaired) electrons. The van der Waals surface area contributed by atoms with Crippen LogP contribution >= 0.6 is 0 Å². The molecule has 3 aliphatic rings. The van der Waals surface area contributed by atoms with Crippen LogP contribution in [0.15, 0.2) is 48.5 Å². The lowest BCUT2D eigenvalue weighted by molar-refractivity contribution is -0.276. The molecule has 6 atom stereocenters. The van der Waals surface area contributed by atoms with Crippen LogP contribution in [-0.4, -0.2) is 52.2 Å². The van der Waals surface area contributed by atoms with Gasteiger partial charge in [-0.05, 0) is 59.8 Å². The highest BCUT2D eigenvalue weighted by Gasteiger charge is 2.51. The third-order valence-corrected chi connectivity index (χ3v) is 9.30. The number of aliphatic hydroxyl groups is 1. The summed E-state index contributed by atoms with van der Waals surface area (Å²) in [4.78, 5) is 25.9. The van der Waals surface area contributed by atoms with E-state index in [1.165, 1.54) is 19.3 Å². The number of hydrogen-bond donors (Lipinski definition) is 3. The largest absolute Gasteiger partial charge is 0.481 e. The number of carbonyl (C=O) groups excluding carboxylic acids is 1. The number of aliphatic carboxylic acids is 1. The molecule has 2 unspecified atom stereocenters. The summed E-state index contributed by atoms with van der Waals surface area (Å²) < 4.78 is 13.4. The van der Waals surface area contributed by atoms with Gasteiger partial charge >= 0.3 is 5.97 Å². The number of amides is 1. The molecule has 1 amide bonds. The Morgan fingerprint density at radius 1 is 1.02 bits per heavy atom. The summed E-state index contributed by atoms with van der Waals surface area (Å²) >= 11 is 0. The Balaban J connectivity index is 1.36. The zero-order valence-electron chi connectivity index (χ0n) is 25.3. The van der Waals surface area contributed by atoms with Gasteiger partial charge in [0.05, 0.1) is 18.8 Å². The topological polar surface area (TPSA) is 108 Å². The van der Waals surface area contributed by atoms with Crippen LogP contribution in [-0.2, 0) is 25.7 Å². The summed E-state index contributed by atoms with van der Waals surface area (Å²) in [5, 5.41) is 21.3. The van der Waals surface area contributed by atoms with Crippen LogP contribution < -0.4 is 5.32 Å². The van der Waals surface area contributed by atoms with Gasteiger partial charge in [-0.3, -0.25) is 14.5 Å². The van der Waals surface area contributed by atoms with Gasteiger partial charge in [0.1, 0.15) is 0 Å². The van der Waals surface area contributed by atoms with Crippen LogP contribution in [0.3, 0.4) is 0 Å². The Hall–Kier alpha value is -2.78. The van der Waals surface area contributed by atoms with E-state index in [1.54, 1.807) is 0 Å². The maximum absolute atomic E-state index is 12.4. The van der Waals surface area contributed by atoms with Crippen molar-refractivity contribution in [1.82, 2.24) is 4.90 Å². The number of fused-ring (bicyclic) bond motifs is 2. The summed E-state index contributed by atoms with van der Waals surface area (Å²) in [6.45, 7) is 11.3. The number of carboxylic acid groups (broad SMARTS) is 1. The summed E-state index contributed by atoms with van der Waals surface area (Å²) in [5.74, 6) is -1.03. The monoisotopic (exact) mass is 578 g/mol. The van der Waals surface area contributed by atoms with Gasteiger partial charge in [0.15, 0.2) is 6.29 Å². The van der Waals surface area contributed by atoms with Gasteiger partial charge in [0, 0.05) is 49.1 Å². The zero-order valence-corrected chi connectivity index (χ0v) is 25.3. The molecule has 3 fully saturated rings. The fourth-order valence-electron chi connectivity index (χ4n) is 7.74. The van der Waals surface area contributed by atoms with Crippen molar-refractivity contribution in [2.24, 2.45) is 16.7 Å². The summed E-state index contributed by atoms with van der Waals surface area (Å²) in [7, 11) is 0. The fraction of sp³-hybridized carbons (Fsp3) is 0.588. The second kappa shape index (κ2) is 12.4. The first-order valence-corrected chi connectivity index (χ1v) is 15.3. The van der Waals surface area contributed by atoms with Crippen molar-refractivity contribution in [3.05, 3.63) is 65.2 Å². The molecule has 228 valence electrons. The van der Waals surface area contributed by atoms with Crippen LogP contribution in [0.2, 0.25) is 0 Å². The zero-order chi connectivity index (χ0) is 30.1. The molecule has 3 N–H and O–H groups in total. The molecule has 8 heteroatoms. The van der Waals surface area contributed by atoms with Gasteiger partial charge in [0.25, 0.3) is 0 Å². The van der Waals surface area contributed by atoms with Gasteiger partial charge in [-0.15, -0.1) is 0 Å². The number of benzene rings is 2. The molecular weight excluding hydrogens is 532 g/mol. The van der Waals surface area contributed by atoms with Gasteiger partial charge < -0.3 is 25.0 Å². The Kier molecular flexibility index (Phi) is 9.09. The van der Waals surface area contributed by atoms with Gasteiger partial charge in [-0.25, -0.2) is 0 Å². The van der Waals surface area contributed by atoms with Gasteiger partial charge in [0.2, 0.25) is 5.91 Å². The summed E-state index contributed by atoms with van der Waals surface area (Å²) in [5.41, 5.74) is 4.03. The number of aliphatic hydroxyl groups excluding tert-OH is 1. The lowest BCUT2D eigenvalue weighted by atomic mass is 9.65. The highest BCUT2D eigenvalue weighted by atomic mass is 16.7. The average molecular weight is 579 g/mol. The van der Waals surface area contributed by atoms with Crippen LogP contribution in [0, 0.1) is 16.7 Å². The van der Waals surface area contributed by atoms with E-state index in [-0.39, 0.29) is 43.5 Å². The molecule has 2 aromatic carbocycles. The van der Waals surface area contributed by atoms with Crippen molar-refractivity contribution >= 4 is 17.6 Å². The number of hydrogen-bond acceptors (Lipinski definition) is 6. The molecule has 2 bridgehead atoms. The van der Waals surface area contributed by atoms with Crippen LogP contribution in [0.4, 0.5) is 5.69 Å². The highest BCUT2D eigenvalue weighted by molar-refractivity contribution is 5.90.